The Hall–Kier alpha value is -1.04. The fourth-order valence-corrected chi connectivity index (χ4v) is 3.99. The van der Waals surface area contributed by atoms with Gasteiger partial charge in [0.25, 0.3) is 0 Å². The number of aliphatic hydroxyl groups is 1. The summed E-state index contributed by atoms with van der Waals surface area (Å²) in [4.78, 5) is 2.42. The van der Waals surface area contributed by atoms with Gasteiger partial charge in [-0.05, 0) is 61.6 Å². The number of likely N-dealkylation sites (tertiary alicyclic amines) is 1. The molecule has 1 aliphatic rings. The molecule has 0 spiro atoms. The topological polar surface area (TPSA) is 36.4 Å². The summed E-state index contributed by atoms with van der Waals surface area (Å²) >= 11 is 1.40. The Labute approximate surface area is 128 Å². The van der Waals surface area contributed by atoms with Crippen LogP contribution in [0.5, 0.6) is 0 Å². The van der Waals surface area contributed by atoms with Crippen LogP contribution in [0.3, 0.4) is 0 Å². The molecule has 1 atom stereocenters. The lowest BCUT2D eigenvalue weighted by Crippen LogP contribution is -2.36. The maximum absolute atomic E-state index is 13.2. The second-order valence-electron chi connectivity index (χ2n) is 6.07. The van der Waals surface area contributed by atoms with Crippen molar-refractivity contribution in [1.29, 1.82) is 0 Å². The average molecular weight is 308 g/mol. The van der Waals surface area contributed by atoms with Crippen LogP contribution in [0.1, 0.15) is 31.4 Å². The van der Waals surface area contributed by atoms with Gasteiger partial charge in [0.15, 0.2) is 0 Å². The minimum atomic E-state index is -0.189. The molecule has 1 saturated heterocycles. The number of aromatic nitrogens is 1. The second kappa shape index (κ2) is 6.38. The molecular formula is C16H21FN2OS. The number of nitrogens with zero attached hydrogens (tertiary/aromatic N) is 2. The van der Waals surface area contributed by atoms with Crippen molar-refractivity contribution in [2.45, 2.75) is 25.7 Å². The van der Waals surface area contributed by atoms with Gasteiger partial charge in [-0.3, -0.25) is 0 Å². The number of fused-ring (bicyclic) bond motifs is 1. The van der Waals surface area contributed by atoms with Crippen LogP contribution in [0, 0.1) is 11.7 Å². The number of piperidine rings is 1. The zero-order chi connectivity index (χ0) is 14.8. The Morgan fingerprint density at radius 2 is 2.19 bits per heavy atom. The zero-order valence-electron chi connectivity index (χ0n) is 12.3. The molecule has 21 heavy (non-hydrogen) atoms. The second-order valence-corrected chi connectivity index (χ2v) is 6.88. The zero-order valence-corrected chi connectivity index (χ0v) is 13.1. The molecule has 1 unspecified atom stereocenters. The van der Waals surface area contributed by atoms with Gasteiger partial charge in [-0.1, -0.05) is 6.92 Å². The predicted octanol–water partition coefficient (Wildman–Crippen LogP) is 3.24. The van der Waals surface area contributed by atoms with Crippen molar-refractivity contribution >= 4 is 21.6 Å². The summed E-state index contributed by atoms with van der Waals surface area (Å²) in [7, 11) is 0. The highest BCUT2D eigenvalue weighted by atomic mass is 32.1. The smallest absolute Gasteiger partial charge is 0.124 e. The largest absolute Gasteiger partial charge is 0.396 e. The summed E-state index contributed by atoms with van der Waals surface area (Å²) in [6.07, 6.45) is 2.18. The van der Waals surface area contributed by atoms with Crippen molar-refractivity contribution in [3.05, 3.63) is 29.7 Å². The molecule has 0 amide bonds. The van der Waals surface area contributed by atoms with Crippen molar-refractivity contribution in [2.75, 3.05) is 26.2 Å². The van der Waals surface area contributed by atoms with Crippen molar-refractivity contribution in [3.8, 4) is 0 Å². The number of rotatable bonds is 4. The first-order chi connectivity index (χ1) is 10.2. The van der Waals surface area contributed by atoms with E-state index < -0.39 is 0 Å². The van der Waals surface area contributed by atoms with Gasteiger partial charge in [-0.25, -0.2) is 4.39 Å². The fourth-order valence-electron chi connectivity index (χ4n) is 3.11. The van der Waals surface area contributed by atoms with Gasteiger partial charge in [0, 0.05) is 24.5 Å². The van der Waals surface area contributed by atoms with Crippen LogP contribution < -0.4 is 0 Å². The first-order valence-corrected chi connectivity index (χ1v) is 8.32. The SMILES string of the molecule is CC(CO)CN1CCC(c2nsc3cc(F)ccc23)CC1. The van der Waals surface area contributed by atoms with Gasteiger partial charge in [0.05, 0.1) is 10.4 Å². The molecule has 3 rings (SSSR count). The summed E-state index contributed by atoms with van der Waals surface area (Å²) in [5.41, 5.74) is 1.14. The molecule has 1 aromatic carbocycles. The number of hydrogen-bond donors (Lipinski definition) is 1. The molecule has 2 aromatic rings. The van der Waals surface area contributed by atoms with Crippen molar-refractivity contribution in [3.63, 3.8) is 0 Å². The van der Waals surface area contributed by atoms with Crippen LogP contribution in [0.15, 0.2) is 18.2 Å². The third-order valence-electron chi connectivity index (χ3n) is 4.32. The van der Waals surface area contributed by atoms with Crippen molar-refractivity contribution in [1.82, 2.24) is 9.27 Å². The van der Waals surface area contributed by atoms with Crippen LogP contribution in [-0.4, -0.2) is 40.6 Å². The highest BCUT2D eigenvalue weighted by Gasteiger charge is 2.24. The summed E-state index contributed by atoms with van der Waals surface area (Å²) in [5.74, 6) is 0.625. The Balaban J connectivity index is 1.68. The van der Waals surface area contributed by atoms with Gasteiger partial charge in [0.1, 0.15) is 5.82 Å². The first-order valence-electron chi connectivity index (χ1n) is 7.55. The molecule has 1 fully saturated rings. The van der Waals surface area contributed by atoms with E-state index in [4.69, 9.17) is 5.11 Å². The van der Waals surface area contributed by atoms with E-state index in [1.165, 1.54) is 17.6 Å². The molecular weight excluding hydrogens is 287 g/mol. The molecule has 3 nitrogen and oxygen atoms in total. The number of hydrogen-bond acceptors (Lipinski definition) is 4. The Kier molecular flexibility index (Phi) is 4.52. The van der Waals surface area contributed by atoms with Gasteiger partial charge in [-0.15, -0.1) is 0 Å². The van der Waals surface area contributed by atoms with Gasteiger partial charge >= 0.3 is 0 Å². The quantitative estimate of drug-likeness (QED) is 0.942. The molecule has 1 aliphatic heterocycles. The van der Waals surface area contributed by atoms with E-state index in [1.807, 2.05) is 6.07 Å². The van der Waals surface area contributed by atoms with E-state index in [1.54, 1.807) is 6.07 Å². The van der Waals surface area contributed by atoms with Crippen LogP contribution in [0.4, 0.5) is 4.39 Å². The monoisotopic (exact) mass is 308 g/mol. The Morgan fingerprint density at radius 3 is 2.90 bits per heavy atom. The standard InChI is InChI=1S/C16H21FN2OS/c1-11(10-20)9-19-6-4-12(5-7-19)16-14-3-2-13(17)8-15(14)21-18-16/h2-3,8,11-12,20H,4-7,9-10H2,1H3. The summed E-state index contributed by atoms with van der Waals surface area (Å²) in [6.45, 7) is 5.40. The lowest BCUT2D eigenvalue weighted by molar-refractivity contribution is 0.148. The average Bonchev–Trinajstić information content (AvgIpc) is 2.90. The summed E-state index contributed by atoms with van der Waals surface area (Å²) < 4.78 is 18.8. The molecule has 2 heterocycles. The lowest BCUT2D eigenvalue weighted by atomic mass is 9.91. The Morgan fingerprint density at radius 1 is 1.43 bits per heavy atom. The normalized spacial score (nSPS) is 19.2. The number of benzene rings is 1. The molecule has 5 heteroatoms. The highest BCUT2D eigenvalue weighted by molar-refractivity contribution is 7.13. The third-order valence-corrected chi connectivity index (χ3v) is 5.14. The van der Waals surface area contributed by atoms with E-state index in [2.05, 4.69) is 16.2 Å². The summed E-state index contributed by atoms with van der Waals surface area (Å²) in [5, 5.41) is 10.3. The molecule has 114 valence electrons. The first kappa shape index (κ1) is 14.9. The van der Waals surface area contributed by atoms with E-state index >= 15 is 0 Å². The predicted molar refractivity (Wildman–Crippen MR) is 84.2 cm³/mol. The van der Waals surface area contributed by atoms with Crippen LogP contribution in [0.25, 0.3) is 10.1 Å². The van der Waals surface area contributed by atoms with E-state index in [-0.39, 0.29) is 12.4 Å². The minimum absolute atomic E-state index is 0.189. The van der Waals surface area contributed by atoms with Crippen molar-refractivity contribution < 1.29 is 9.50 Å². The van der Waals surface area contributed by atoms with Crippen molar-refractivity contribution in [2.24, 2.45) is 5.92 Å². The highest BCUT2D eigenvalue weighted by Crippen LogP contribution is 2.34. The van der Waals surface area contributed by atoms with Crippen LogP contribution >= 0.6 is 11.5 Å². The Bertz CT molecular complexity index is 607. The lowest BCUT2D eigenvalue weighted by Gasteiger charge is -2.32. The molecule has 1 aromatic heterocycles. The molecule has 0 aliphatic carbocycles. The molecule has 0 bridgehead atoms. The summed E-state index contributed by atoms with van der Waals surface area (Å²) in [6, 6.07) is 4.97. The number of aliphatic hydroxyl groups excluding tert-OH is 1. The minimum Gasteiger partial charge on any atom is -0.396 e. The van der Waals surface area contributed by atoms with Crippen LogP contribution in [0.2, 0.25) is 0 Å². The van der Waals surface area contributed by atoms with Gasteiger partial charge < -0.3 is 10.0 Å². The van der Waals surface area contributed by atoms with Gasteiger partial charge in [-0.2, -0.15) is 4.37 Å². The maximum atomic E-state index is 13.2. The maximum Gasteiger partial charge on any atom is 0.124 e. The fraction of sp³-hybridized carbons (Fsp3) is 0.562. The molecule has 1 N–H and O–H groups in total. The third kappa shape index (κ3) is 3.25. The van der Waals surface area contributed by atoms with Crippen LogP contribution in [-0.2, 0) is 0 Å². The van der Waals surface area contributed by atoms with Gasteiger partial charge in [0.2, 0.25) is 0 Å². The molecule has 0 saturated carbocycles. The van der Waals surface area contributed by atoms with E-state index in [0.717, 1.165) is 48.3 Å². The van der Waals surface area contributed by atoms with E-state index in [9.17, 15) is 4.39 Å². The molecule has 0 radical (unpaired) electrons. The number of halogens is 1. The van der Waals surface area contributed by atoms with E-state index in [0.29, 0.717) is 11.8 Å².